The Kier molecular flexibility index (Phi) is 5.76. The Morgan fingerprint density at radius 3 is 2.29 bits per heavy atom. The number of rotatable bonds is 3. The number of carbonyl (C=O) groups is 1. The van der Waals surface area contributed by atoms with Crippen molar-refractivity contribution in [3.8, 4) is 17.6 Å². The Hall–Kier alpha value is -1.57. The summed E-state index contributed by atoms with van der Waals surface area (Å²) in [6.45, 7) is 12.7. The molecule has 1 aromatic rings. The van der Waals surface area contributed by atoms with Crippen LogP contribution in [0.2, 0.25) is 18.1 Å². The first-order valence-electron chi connectivity index (χ1n) is 7.08. The summed E-state index contributed by atoms with van der Waals surface area (Å²) in [5, 5.41) is 0.119. The summed E-state index contributed by atoms with van der Waals surface area (Å²) in [7, 11) is -1.87. The molecule has 0 aromatic heterocycles. The molecule has 0 saturated heterocycles. The molecule has 21 heavy (non-hydrogen) atoms. The van der Waals surface area contributed by atoms with Crippen molar-refractivity contribution in [2.75, 3.05) is 0 Å². The van der Waals surface area contributed by atoms with E-state index in [4.69, 9.17) is 9.16 Å². The average Bonchev–Trinajstić information content (AvgIpc) is 2.36. The molecule has 1 atom stereocenters. The van der Waals surface area contributed by atoms with Crippen molar-refractivity contribution in [3.05, 3.63) is 30.3 Å². The van der Waals surface area contributed by atoms with Crippen molar-refractivity contribution in [3.63, 3.8) is 0 Å². The quantitative estimate of drug-likeness (QED) is 0.278. The molecule has 0 amide bonds. The third kappa shape index (κ3) is 5.74. The van der Waals surface area contributed by atoms with Gasteiger partial charge in [0, 0.05) is 5.92 Å². The van der Waals surface area contributed by atoms with Crippen LogP contribution in [0.5, 0.6) is 5.75 Å². The first kappa shape index (κ1) is 17.5. The lowest BCUT2D eigenvalue weighted by Crippen LogP contribution is -2.43. The molecule has 1 unspecified atom stereocenters. The van der Waals surface area contributed by atoms with Gasteiger partial charge in [0.2, 0.25) is 0 Å². The van der Waals surface area contributed by atoms with Crippen LogP contribution in [0.4, 0.5) is 0 Å². The van der Waals surface area contributed by atoms with Gasteiger partial charge in [-0.1, -0.05) is 44.9 Å². The highest BCUT2D eigenvalue weighted by molar-refractivity contribution is 6.74. The van der Waals surface area contributed by atoms with Crippen molar-refractivity contribution >= 4 is 14.3 Å². The highest BCUT2D eigenvalue weighted by Gasteiger charge is 2.38. The molecule has 0 N–H and O–H groups in total. The number of benzene rings is 1. The third-order valence-electron chi connectivity index (χ3n) is 3.61. The van der Waals surface area contributed by atoms with E-state index in [0.717, 1.165) is 0 Å². The van der Waals surface area contributed by atoms with Crippen molar-refractivity contribution in [1.29, 1.82) is 0 Å². The molecule has 0 radical (unpaired) electrons. The van der Waals surface area contributed by atoms with Gasteiger partial charge < -0.3 is 9.16 Å². The number of para-hydroxylation sites is 1. The number of carbonyl (C=O) groups excluding carboxylic acids is 1. The normalized spacial score (nSPS) is 13.0. The SMILES string of the molecule is CC(C#CC(=O)Oc1ccccc1)O[Si](C)(C)C(C)(C)C. The molecule has 1 rings (SSSR count). The predicted molar refractivity (Wildman–Crippen MR) is 87.6 cm³/mol. The van der Waals surface area contributed by atoms with E-state index >= 15 is 0 Å². The summed E-state index contributed by atoms with van der Waals surface area (Å²) < 4.78 is 11.2. The summed E-state index contributed by atoms with van der Waals surface area (Å²) in [5.74, 6) is 5.24. The van der Waals surface area contributed by atoms with Gasteiger partial charge in [0.25, 0.3) is 0 Å². The maximum absolute atomic E-state index is 11.6. The molecule has 114 valence electrons. The highest BCUT2D eigenvalue weighted by Crippen LogP contribution is 2.37. The van der Waals surface area contributed by atoms with Crippen LogP contribution in [0.1, 0.15) is 27.7 Å². The van der Waals surface area contributed by atoms with Crippen LogP contribution in [0, 0.1) is 11.8 Å². The Morgan fingerprint density at radius 2 is 1.76 bits per heavy atom. The Balaban J connectivity index is 2.60. The van der Waals surface area contributed by atoms with E-state index in [1.807, 2.05) is 13.0 Å². The van der Waals surface area contributed by atoms with E-state index in [1.54, 1.807) is 24.3 Å². The largest absolute Gasteiger partial charge is 0.417 e. The molecular weight excluding hydrogens is 280 g/mol. The lowest BCUT2D eigenvalue weighted by molar-refractivity contribution is -0.128. The van der Waals surface area contributed by atoms with Gasteiger partial charge in [-0.3, -0.25) is 0 Å². The minimum atomic E-state index is -1.87. The third-order valence-corrected chi connectivity index (χ3v) is 8.16. The minimum Gasteiger partial charge on any atom is -0.417 e. The van der Waals surface area contributed by atoms with Crippen molar-refractivity contribution in [2.45, 2.75) is 51.9 Å². The van der Waals surface area contributed by atoms with Gasteiger partial charge in [0.15, 0.2) is 8.32 Å². The molecule has 0 saturated carbocycles. The maximum atomic E-state index is 11.6. The van der Waals surface area contributed by atoms with Crippen LogP contribution < -0.4 is 4.74 Å². The monoisotopic (exact) mass is 304 g/mol. The number of hydrogen-bond acceptors (Lipinski definition) is 3. The summed E-state index contributed by atoms with van der Waals surface area (Å²) in [5.41, 5.74) is 0. The summed E-state index contributed by atoms with van der Waals surface area (Å²) in [6, 6.07) is 8.90. The van der Waals surface area contributed by atoms with Crippen molar-refractivity contribution in [2.24, 2.45) is 0 Å². The second kappa shape index (κ2) is 6.93. The standard InChI is InChI=1S/C17H24O3Si/c1-14(20-21(5,6)17(2,3)4)12-13-16(18)19-15-10-8-7-9-11-15/h7-11,14H,1-6H3. The molecule has 4 heteroatoms. The van der Waals surface area contributed by atoms with Crippen molar-refractivity contribution < 1.29 is 14.0 Å². The fourth-order valence-corrected chi connectivity index (χ4v) is 2.73. The topological polar surface area (TPSA) is 35.5 Å². The number of ether oxygens (including phenoxy) is 1. The van der Waals surface area contributed by atoms with Crippen LogP contribution in [0.15, 0.2) is 30.3 Å². The zero-order valence-electron chi connectivity index (χ0n) is 13.7. The second-order valence-corrected chi connectivity index (χ2v) is 11.2. The molecule has 0 bridgehead atoms. The van der Waals surface area contributed by atoms with Crippen LogP contribution in [0.3, 0.4) is 0 Å². The fourth-order valence-electron chi connectivity index (χ4n) is 1.43. The minimum absolute atomic E-state index is 0.119. The first-order chi connectivity index (χ1) is 9.62. The zero-order valence-corrected chi connectivity index (χ0v) is 14.7. The molecular formula is C17H24O3Si. The van der Waals surface area contributed by atoms with Crippen molar-refractivity contribution in [1.82, 2.24) is 0 Å². The number of hydrogen-bond donors (Lipinski definition) is 0. The summed E-state index contributed by atoms with van der Waals surface area (Å²) in [6.07, 6.45) is -0.283. The second-order valence-electron chi connectivity index (χ2n) is 6.49. The zero-order chi connectivity index (χ0) is 16.1. The lowest BCUT2D eigenvalue weighted by atomic mass is 10.2. The highest BCUT2D eigenvalue weighted by atomic mass is 28.4. The molecule has 0 aliphatic heterocycles. The van der Waals surface area contributed by atoms with Crippen LogP contribution >= 0.6 is 0 Å². The van der Waals surface area contributed by atoms with Gasteiger partial charge in [-0.2, -0.15) is 0 Å². The van der Waals surface area contributed by atoms with E-state index in [2.05, 4.69) is 45.7 Å². The van der Waals surface area contributed by atoms with Gasteiger partial charge in [-0.05, 0) is 37.2 Å². The molecule has 0 heterocycles. The summed E-state index contributed by atoms with van der Waals surface area (Å²) >= 11 is 0. The molecule has 0 fully saturated rings. The van der Waals surface area contributed by atoms with Gasteiger partial charge >= 0.3 is 5.97 Å². The molecule has 0 aliphatic rings. The fraction of sp³-hybridized carbons (Fsp3) is 0.471. The smallest absolute Gasteiger partial charge is 0.389 e. The van der Waals surface area contributed by atoms with Gasteiger partial charge in [0.1, 0.15) is 11.9 Å². The average molecular weight is 304 g/mol. The number of esters is 1. The van der Waals surface area contributed by atoms with E-state index in [1.165, 1.54) is 0 Å². The van der Waals surface area contributed by atoms with Gasteiger partial charge in [-0.15, -0.1) is 0 Å². The van der Waals surface area contributed by atoms with E-state index in [-0.39, 0.29) is 11.1 Å². The van der Waals surface area contributed by atoms with Gasteiger partial charge in [-0.25, -0.2) is 4.79 Å². The molecule has 3 nitrogen and oxygen atoms in total. The Bertz CT molecular complexity index is 533. The maximum Gasteiger partial charge on any atom is 0.389 e. The van der Waals surface area contributed by atoms with Crippen LogP contribution in [0.25, 0.3) is 0 Å². The summed E-state index contributed by atoms with van der Waals surface area (Å²) in [4.78, 5) is 11.6. The predicted octanol–water partition coefficient (Wildman–Crippen LogP) is 4.01. The Morgan fingerprint density at radius 1 is 1.19 bits per heavy atom. The Labute approximate surface area is 128 Å². The van der Waals surface area contributed by atoms with E-state index in [0.29, 0.717) is 5.75 Å². The molecule has 1 aromatic carbocycles. The van der Waals surface area contributed by atoms with E-state index < -0.39 is 14.3 Å². The van der Waals surface area contributed by atoms with Crippen LogP contribution in [-0.2, 0) is 9.22 Å². The van der Waals surface area contributed by atoms with Crippen LogP contribution in [-0.4, -0.2) is 20.4 Å². The van der Waals surface area contributed by atoms with E-state index in [9.17, 15) is 4.79 Å². The van der Waals surface area contributed by atoms with Gasteiger partial charge in [0.05, 0.1) is 0 Å². The lowest BCUT2D eigenvalue weighted by Gasteiger charge is -2.37. The molecule has 0 spiro atoms. The first-order valence-corrected chi connectivity index (χ1v) is 9.99. The molecule has 0 aliphatic carbocycles.